The third kappa shape index (κ3) is 3.36. The summed E-state index contributed by atoms with van der Waals surface area (Å²) in [5.74, 6) is 0. The Kier molecular flexibility index (Phi) is 5.35. The van der Waals surface area contributed by atoms with Gasteiger partial charge in [0.2, 0.25) is 0 Å². The van der Waals surface area contributed by atoms with Gasteiger partial charge in [0.1, 0.15) is 8.66 Å². The molecule has 1 aliphatic heterocycles. The van der Waals surface area contributed by atoms with Gasteiger partial charge in [0.25, 0.3) is 0 Å². The Bertz CT molecular complexity index is 914. The van der Waals surface area contributed by atoms with E-state index in [1.54, 1.807) is 48.5 Å². The minimum absolute atomic E-state index is 0.0485. The van der Waals surface area contributed by atoms with Crippen LogP contribution in [0.2, 0.25) is 0 Å². The predicted octanol–water partition coefficient (Wildman–Crippen LogP) is 4.62. The summed E-state index contributed by atoms with van der Waals surface area (Å²) < 4.78 is -1.49. The van der Waals surface area contributed by atoms with E-state index in [9.17, 15) is 20.2 Å². The lowest BCUT2D eigenvalue weighted by Crippen LogP contribution is -2.19. The maximum absolute atomic E-state index is 12.0. The van der Waals surface area contributed by atoms with Crippen molar-refractivity contribution in [1.82, 2.24) is 0 Å². The normalized spacial score (nSPS) is 16.3. The molecule has 0 atom stereocenters. The number of para-hydroxylation sites is 2. The average molecular weight is 423 g/mol. The summed E-state index contributed by atoms with van der Waals surface area (Å²) in [6, 6.07) is 13.5. The van der Waals surface area contributed by atoms with Crippen LogP contribution in [-0.2, 0) is 0 Å². The van der Waals surface area contributed by atoms with Gasteiger partial charge in [-0.25, -0.2) is 20.2 Å². The molecule has 0 unspecified atom stereocenters. The number of hydrogen-bond acceptors (Lipinski definition) is 8. The van der Waals surface area contributed by atoms with Crippen molar-refractivity contribution in [2.75, 3.05) is 11.5 Å². The van der Waals surface area contributed by atoms with E-state index in [1.807, 2.05) is 0 Å². The number of nitro groups is 2. The Balaban J connectivity index is 2.02. The van der Waals surface area contributed by atoms with Crippen molar-refractivity contribution in [2.45, 2.75) is 9.79 Å². The number of nitrogens with zero attached hydrogens (tertiary/aromatic N) is 2. The Hall–Kier alpha value is -2.63. The van der Waals surface area contributed by atoms with E-state index in [-0.39, 0.29) is 8.47 Å². The number of thioether (sulfide) groups is 2. The molecular formula is C16H14N4O4S3. The third-order valence-electron chi connectivity index (χ3n) is 3.61. The van der Waals surface area contributed by atoms with Crippen molar-refractivity contribution in [2.24, 2.45) is 0 Å². The number of anilines is 2. The second kappa shape index (κ2) is 7.55. The predicted molar refractivity (Wildman–Crippen MR) is 111 cm³/mol. The summed E-state index contributed by atoms with van der Waals surface area (Å²) in [6.07, 6.45) is 2.86. The number of hydrogen-bond donors (Lipinski definition) is 2. The monoisotopic (exact) mass is 422 g/mol. The molecule has 3 rings (SSSR count). The highest BCUT2D eigenvalue weighted by Crippen LogP contribution is 2.72. The smallest absolute Gasteiger partial charge is 0.349 e. The van der Waals surface area contributed by atoms with Crippen LogP contribution in [0.5, 0.6) is 0 Å². The summed E-state index contributed by atoms with van der Waals surface area (Å²) in [6.45, 7) is 0. The molecule has 140 valence electrons. The number of nitrogen functional groups attached to an aromatic ring is 2. The number of nitrogens with two attached hydrogens (primary N) is 2. The number of allylic oxidation sites excluding steroid dienone is 2. The molecule has 27 heavy (non-hydrogen) atoms. The molecule has 0 spiro atoms. The molecule has 4 N–H and O–H groups in total. The summed E-state index contributed by atoms with van der Waals surface area (Å²) >= 11 is 1.91. The van der Waals surface area contributed by atoms with E-state index in [0.717, 1.165) is 23.5 Å². The molecule has 2 aromatic rings. The molecule has 8 nitrogen and oxygen atoms in total. The van der Waals surface area contributed by atoms with Crippen LogP contribution in [0.15, 0.2) is 78.9 Å². The van der Waals surface area contributed by atoms with Crippen molar-refractivity contribution in [3.8, 4) is 0 Å². The van der Waals surface area contributed by atoms with Crippen LogP contribution in [0.4, 0.5) is 11.4 Å². The number of benzene rings is 2. The van der Waals surface area contributed by atoms with Gasteiger partial charge in [-0.3, -0.25) is 0 Å². The summed E-state index contributed by atoms with van der Waals surface area (Å²) in [7, 11) is -3.72. The first-order valence-corrected chi connectivity index (χ1v) is 10.6. The maximum Gasteiger partial charge on any atom is 0.349 e. The van der Waals surface area contributed by atoms with Crippen molar-refractivity contribution < 1.29 is 8.66 Å². The lowest BCUT2D eigenvalue weighted by atomic mass is 10.3. The van der Waals surface area contributed by atoms with Crippen molar-refractivity contribution in [3.63, 3.8) is 0 Å². The average Bonchev–Trinajstić information content (AvgIpc) is 2.98. The summed E-state index contributed by atoms with van der Waals surface area (Å²) in [5.41, 5.74) is 12.6. The molecule has 2 aromatic carbocycles. The van der Waals surface area contributed by atoms with Gasteiger partial charge in [-0.1, -0.05) is 47.8 Å². The second-order valence-electron chi connectivity index (χ2n) is 5.25. The van der Waals surface area contributed by atoms with Crippen LogP contribution < -0.4 is 11.5 Å². The molecule has 11 heteroatoms. The van der Waals surface area contributed by atoms with E-state index in [1.165, 1.54) is 12.2 Å². The van der Waals surface area contributed by atoms with Gasteiger partial charge in [-0.05, 0) is 36.4 Å². The van der Waals surface area contributed by atoms with E-state index in [0.29, 0.717) is 21.2 Å². The van der Waals surface area contributed by atoms with Crippen LogP contribution in [0, 0.1) is 20.2 Å². The van der Waals surface area contributed by atoms with E-state index < -0.39 is 19.1 Å². The molecule has 1 heterocycles. The Morgan fingerprint density at radius 2 is 1.11 bits per heavy atom. The highest BCUT2D eigenvalue weighted by Gasteiger charge is 2.60. The molecule has 0 aliphatic carbocycles. The molecule has 0 bridgehead atoms. The molecule has 0 saturated carbocycles. The van der Waals surface area contributed by atoms with Crippen LogP contribution in [0.25, 0.3) is 0 Å². The zero-order valence-corrected chi connectivity index (χ0v) is 16.1. The minimum atomic E-state index is -3.72. The van der Waals surface area contributed by atoms with Gasteiger partial charge >= 0.3 is 10.4 Å². The van der Waals surface area contributed by atoms with Crippen molar-refractivity contribution in [1.29, 1.82) is 0 Å². The minimum Gasteiger partial charge on any atom is -0.398 e. The van der Waals surface area contributed by atoms with Gasteiger partial charge in [-0.15, -0.1) is 0 Å². The fourth-order valence-electron chi connectivity index (χ4n) is 2.32. The SMILES string of the molecule is Nc1ccccc1SC1=CC=C(Sc2ccccc2N)S1([N+](=O)[O-])[N+](=O)[O-]. The molecule has 0 fully saturated rings. The van der Waals surface area contributed by atoms with Crippen molar-refractivity contribution >= 4 is 45.3 Å². The van der Waals surface area contributed by atoms with Crippen LogP contribution in [0.1, 0.15) is 0 Å². The first-order chi connectivity index (χ1) is 12.9. The molecule has 0 saturated heterocycles. The molecule has 0 amide bonds. The van der Waals surface area contributed by atoms with Crippen LogP contribution in [-0.4, -0.2) is 8.66 Å². The Morgan fingerprint density at radius 1 is 0.741 bits per heavy atom. The molecular weight excluding hydrogens is 408 g/mol. The summed E-state index contributed by atoms with van der Waals surface area (Å²) in [4.78, 5) is 25.0. The fraction of sp³-hybridized carbons (Fsp3) is 0. The number of rotatable bonds is 6. The van der Waals surface area contributed by atoms with Crippen LogP contribution in [0.3, 0.4) is 0 Å². The van der Waals surface area contributed by atoms with Gasteiger partial charge in [0.15, 0.2) is 8.47 Å². The third-order valence-corrected chi connectivity index (χ3v) is 9.62. The Morgan fingerprint density at radius 3 is 1.44 bits per heavy atom. The lowest BCUT2D eigenvalue weighted by Gasteiger charge is -2.22. The first kappa shape index (κ1) is 19.1. The van der Waals surface area contributed by atoms with E-state index >= 15 is 0 Å². The van der Waals surface area contributed by atoms with Gasteiger partial charge in [-0.2, -0.15) is 0 Å². The van der Waals surface area contributed by atoms with E-state index in [4.69, 9.17) is 11.5 Å². The van der Waals surface area contributed by atoms with Crippen molar-refractivity contribution in [3.05, 3.63) is 89.4 Å². The zero-order valence-electron chi connectivity index (χ0n) is 13.7. The van der Waals surface area contributed by atoms with Crippen LogP contribution >= 0.6 is 33.9 Å². The first-order valence-electron chi connectivity index (χ1n) is 7.46. The van der Waals surface area contributed by atoms with E-state index in [2.05, 4.69) is 0 Å². The molecule has 0 radical (unpaired) electrons. The fourth-order valence-corrected chi connectivity index (χ4v) is 8.00. The highest BCUT2D eigenvalue weighted by molar-refractivity contribution is 8.45. The quantitative estimate of drug-likeness (QED) is 0.390. The Labute approximate surface area is 164 Å². The van der Waals surface area contributed by atoms with Gasteiger partial charge in [0.05, 0.1) is 0 Å². The zero-order chi connectivity index (χ0) is 19.6. The maximum atomic E-state index is 12.0. The molecule has 0 aromatic heterocycles. The van der Waals surface area contributed by atoms with Gasteiger partial charge in [0, 0.05) is 21.2 Å². The second-order valence-corrected chi connectivity index (χ2v) is 10.5. The highest BCUT2D eigenvalue weighted by atomic mass is 32.3. The topological polar surface area (TPSA) is 138 Å². The largest absolute Gasteiger partial charge is 0.398 e. The van der Waals surface area contributed by atoms with Gasteiger partial charge < -0.3 is 11.5 Å². The standard InChI is InChI=1S/C16H14N4O4S3/c17-11-5-1-3-7-13(11)25-15-9-10-16(27(15,19(21)22)20(23)24)26-14-8-4-2-6-12(14)18/h1-10H,17-18H2. The lowest BCUT2D eigenvalue weighted by molar-refractivity contribution is -0.405. The molecule has 1 aliphatic rings. The summed E-state index contributed by atoms with van der Waals surface area (Å²) in [5, 5.41) is 23.9.